The number of benzene rings is 2. The molecule has 2 rings (SSSR count). The van der Waals surface area contributed by atoms with Crippen LogP contribution in [0.2, 0.25) is 0 Å². The molecule has 5 nitrogen and oxygen atoms in total. The van der Waals surface area contributed by atoms with Crippen LogP contribution in [0.25, 0.3) is 0 Å². The van der Waals surface area contributed by atoms with Gasteiger partial charge in [0.15, 0.2) is 0 Å². The zero-order valence-electron chi connectivity index (χ0n) is 11.5. The van der Waals surface area contributed by atoms with Gasteiger partial charge in [0.25, 0.3) is 5.91 Å². The molecule has 2 aromatic carbocycles. The molecular formula is C15H16N2O3S. The first-order chi connectivity index (χ1) is 9.88. The van der Waals surface area contributed by atoms with Crippen LogP contribution in [0.4, 0.5) is 0 Å². The first-order valence-corrected chi connectivity index (χ1v) is 7.88. The molecule has 3 N–H and O–H groups in total. The van der Waals surface area contributed by atoms with Gasteiger partial charge in [0, 0.05) is 12.1 Å². The summed E-state index contributed by atoms with van der Waals surface area (Å²) in [6.07, 6.45) is 0. The Kier molecular flexibility index (Phi) is 4.40. The molecule has 2 aromatic rings. The van der Waals surface area contributed by atoms with Gasteiger partial charge in [-0.15, -0.1) is 0 Å². The van der Waals surface area contributed by atoms with Crippen molar-refractivity contribution in [3.8, 4) is 0 Å². The van der Waals surface area contributed by atoms with Gasteiger partial charge in [-0.05, 0) is 36.2 Å². The third-order valence-corrected chi connectivity index (χ3v) is 4.04. The summed E-state index contributed by atoms with van der Waals surface area (Å²) in [5, 5.41) is 7.81. The molecule has 0 spiro atoms. The van der Waals surface area contributed by atoms with E-state index in [0.29, 0.717) is 6.54 Å². The van der Waals surface area contributed by atoms with Crippen LogP contribution in [0.15, 0.2) is 53.4 Å². The van der Waals surface area contributed by atoms with Crippen LogP contribution in [0.3, 0.4) is 0 Å². The summed E-state index contributed by atoms with van der Waals surface area (Å²) in [6, 6.07) is 13.4. The Hall–Kier alpha value is -2.18. The predicted molar refractivity (Wildman–Crippen MR) is 80.2 cm³/mol. The Balaban J connectivity index is 2.13. The Morgan fingerprint density at radius 2 is 1.86 bits per heavy atom. The van der Waals surface area contributed by atoms with Crippen molar-refractivity contribution in [1.82, 2.24) is 5.32 Å². The smallest absolute Gasteiger partial charge is 0.251 e. The van der Waals surface area contributed by atoms with Gasteiger partial charge in [0.05, 0.1) is 4.90 Å². The maximum Gasteiger partial charge on any atom is 0.251 e. The summed E-state index contributed by atoms with van der Waals surface area (Å²) >= 11 is 0. The van der Waals surface area contributed by atoms with Gasteiger partial charge >= 0.3 is 0 Å². The van der Waals surface area contributed by atoms with Gasteiger partial charge in [0.2, 0.25) is 10.0 Å². The lowest BCUT2D eigenvalue weighted by Crippen LogP contribution is -2.23. The highest BCUT2D eigenvalue weighted by atomic mass is 32.2. The molecule has 0 fully saturated rings. The van der Waals surface area contributed by atoms with E-state index in [1.807, 2.05) is 31.2 Å². The van der Waals surface area contributed by atoms with Crippen LogP contribution in [-0.4, -0.2) is 14.3 Å². The third kappa shape index (κ3) is 3.90. The number of rotatable bonds is 4. The van der Waals surface area contributed by atoms with Gasteiger partial charge in [-0.3, -0.25) is 4.79 Å². The van der Waals surface area contributed by atoms with E-state index in [0.717, 1.165) is 11.1 Å². The van der Waals surface area contributed by atoms with E-state index in [9.17, 15) is 13.2 Å². The Morgan fingerprint density at radius 3 is 2.52 bits per heavy atom. The maximum absolute atomic E-state index is 12.1. The van der Waals surface area contributed by atoms with Crippen molar-refractivity contribution in [3.05, 3.63) is 65.2 Å². The second-order valence-corrected chi connectivity index (χ2v) is 6.24. The van der Waals surface area contributed by atoms with Gasteiger partial charge in [0.1, 0.15) is 0 Å². The predicted octanol–water partition coefficient (Wildman–Crippen LogP) is 1.57. The maximum atomic E-state index is 12.1. The molecule has 0 aliphatic rings. The van der Waals surface area contributed by atoms with Crippen molar-refractivity contribution in [2.45, 2.75) is 18.4 Å². The number of hydrogen-bond donors (Lipinski definition) is 2. The van der Waals surface area contributed by atoms with Crippen LogP contribution in [0.1, 0.15) is 21.5 Å². The highest BCUT2D eigenvalue weighted by Crippen LogP contribution is 2.11. The molecular weight excluding hydrogens is 288 g/mol. The molecule has 0 aliphatic heterocycles. The molecule has 0 saturated carbocycles. The average molecular weight is 304 g/mol. The molecule has 1 amide bonds. The van der Waals surface area contributed by atoms with E-state index < -0.39 is 10.0 Å². The second kappa shape index (κ2) is 6.07. The molecule has 110 valence electrons. The van der Waals surface area contributed by atoms with Crippen molar-refractivity contribution < 1.29 is 13.2 Å². The number of amides is 1. The number of aryl methyl sites for hydroxylation is 1. The van der Waals surface area contributed by atoms with Gasteiger partial charge in [-0.2, -0.15) is 0 Å². The Bertz CT molecular complexity index is 770. The summed E-state index contributed by atoms with van der Waals surface area (Å²) in [5.41, 5.74) is 2.35. The largest absolute Gasteiger partial charge is 0.348 e. The van der Waals surface area contributed by atoms with E-state index in [4.69, 9.17) is 5.14 Å². The zero-order chi connectivity index (χ0) is 15.5. The van der Waals surface area contributed by atoms with E-state index in [1.165, 1.54) is 18.2 Å². The fraction of sp³-hybridized carbons (Fsp3) is 0.133. The van der Waals surface area contributed by atoms with Crippen LogP contribution >= 0.6 is 0 Å². The number of carbonyl (C=O) groups excluding carboxylic acids is 1. The fourth-order valence-electron chi connectivity index (χ4n) is 1.90. The van der Waals surface area contributed by atoms with E-state index in [1.54, 1.807) is 6.07 Å². The number of primary sulfonamides is 1. The summed E-state index contributed by atoms with van der Waals surface area (Å²) in [7, 11) is -3.81. The van der Waals surface area contributed by atoms with E-state index in [-0.39, 0.29) is 16.4 Å². The standard InChI is InChI=1S/C15H16N2O3S/c1-11-5-2-3-6-13(11)10-17-15(18)12-7-4-8-14(9-12)21(16,19)20/h2-9H,10H2,1H3,(H,17,18)(H2,16,19,20). The monoisotopic (exact) mass is 304 g/mol. The number of nitrogens with two attached hydrogens (primary N) is 1. The minimum absolute atomic E-state index is 0.0777. The van der Waals surface area contributed by atoms with Crippen molar-refractivity contribution >= 4 is 15.9 Å². The van der Waals surface area contributed by atoms with Crippen LogP contribution in [-0.2, 0) is 16.6 Å². The molecule has 0 atom stereocenters. The lowest BCUT2D eigenvalue weighted by atomic mass is 10.1. The number of nitrogens with one attached hydrogen (secondary N) is 1. The van der Waals surface area contributed by atoms with Gasteiger partial charge in [-0.1, -0.05) is 30.3 Å². The van der Waals surface area contributed by atoms with Crippen LogP contribution in [0.5, 0.6) is 0 Å². The first kappa shape index (κ1) is 15.2. The minimum Gasteiger partial charge on any atom is -0.348 e. The molecule has 6 heteroatoms. The summed E-state index contributed by atoms with van der Waals surface area (Å²) < 4.78 is 22.6. The molecule has 0 saturated heterocycles. The van der Waals surface area contributed by atoms with E-state index >= 15 is 0 Å². The Labute approximate surface area is 123 Å². The second-order valence-electron chi connectivity index (χ2n) is 4.68. The van der Waals surface area contributed by atoms with Crippen molar-refractivity contribution in [2.24, 2.45) is 5.14 Å². The quantitative estimate of drug-likeness (QED) is 0.898. The van der Waals surface area contributed by atoms with Crippen LogP contribution < -0.4 is 10.5 Å². The number of sulfonamides is 1. The molecule has 0 aliphatic carbocycles. The topological polar surface area (TPSA) is 89.3 Å². The van der Waals surface area contributed by atoms with Crippen LogP contribution in [0, 0.1) is 6.92 Å². The lowest BCUT2D eigenvalue weighted by molar-refractivity contribution is 0.0950. The third-order valence-electron chi connectivity index (χ3n) is 3.13. The summed E-state index contributed by atoms with van der Waals surface area (Å²) in [5.74, 6) is -0.344. The molecule has 0 bridgehead atoms. The number of carbonyl (C=O) groups is 1. The molecule has 0 heterocycles. The van der Waals surface area contributed by atoms with E-state index in [2.05, 4.69) is 5.32 Å². The van der Waals surface area contributed by atoms with Crippen molar-refractivity contribution in [2.75, 3.05) is 0 Å². The van der Waals surface area contributed by atoms with Gasteiger partial charge < -0.3 is 5.32 Å². The molecule has 0 radical (unpaired) electrons. The minimum atomic E-state index is -3.81. The average Bonchev–Trinajstić information content (AvgIpc) is 2.45. The molecule has 21 heavy (non-hydrogen) atoms. The van der Waals surface area contributed by atoms with Crippen molar-refractivity contribution in [1.29, 1.82) is 0 Å². The summed E-state index contributed by atoms with van der Waals surface area (Å²) in [6.45, 7) is 2.34. The zero-order valence-corrected chi connectivity index (χ0v) is 12.4. The normalized spacial score (nSPS) is 11.1. The lowest BCUT2D eigenvalue weighted by Gasteiger charge is -2.08. The number of hydrogen-bond acceptors (Lipinski definition) is 3. The van der Waals surface area contributed by atoms with Crippen molar-refractivity contribution in [3.63, 3.8) is 0 Å². The fourth-order valence-corrected chi connectivity index (χ4v) is 2.46. The summed E-state index contributed by atoms with van der Waals surface area (Å²) in [4.78, 5) is 12.0. The highest BCUT2D eigenvalue weighted by Gasteiger charge is 2.12. The highest BCUT2D eigenvalue weighted by molar-refractivity contribution is 7.89. The Morgan fingerprint density at radius 1 is 1.14 bits per heavy atom. The molecule has 0 aromatic heterocycles. The van der Waals surface area contributed by atoms with Gasteiger partial charge in [-0.25, -0.2) is 13.6 Å². The first-order valence-electron chi connectivity index (χ1n) is 6.33. The SMILES string of the molecule is Cc1ccccc1CNC(=O)c1cccc(S(N)(=O)=O)c1. The molecule has 0 unspecified atom stereocenters.